The summed E-state index contributed by atoms with van der Waals surface area (Å²) < 4.78 is 4.56. The van der Waals surface area contributed by atoms with E-state index >= 15 is 0 Å². The van der Waals surface area contributed by atoms with E-state index in [4.69, 9.17) is 0 Å². The lowest BCUT2D eigenvalue weighted by atomic mass is 10.7. The number of urea groups is 1. The molecule has 6 heteroatoms. The second-order valence-corrected chi connectivity index (χ2v) is 1.59. The fraction of sp³-hybridized carbons (Fsp3) is 0.250. The Hall–Kier alpha value is -1.59. The standard InChI is InChI=1S/C4H5N3O3/c5-3(9)7-4-6-2(8)1-10-4/h1H2,(H3,5,6,7,8,9). The maximum Gasteiger partial charge on any atom is 0.342 e. The van der Waals surface area contributed by atoms with E-state index in [1.54, 1.807) is 0 Å². The zero-order chi connectivity index (χ0) is 7.56. The fourth-order valence-corrected chi connectivity index (χ4v) is 0.486. The van der Waals surface area contributed by atoms with Crippen molar-refractivity contribution in [3.63, 3.8) is 0 Å². The molecule has 0 radical (unpaired) electrons. The Kier molecular flexibility index (Phi) is 1.53. The van der Waals surface area contributed by atoms with Crippen LogP contribution >= 0.6 is 0 Å². The van der Waals surface area contributed by atoms with Gasteiger partial charge in [-0.2, -0.15) is 0 Å². The number of amides is 3. The maximum absolute atomic E-state index is 10.4. The molecule has 54 valence electrons. The van der Waals surface area contributed by atoms with E-state index in [0.29, 0.717) is 0 Å². The van der Waals surface area contributed by atoms with Gasteiger partial charge in [0.05, 0.1) is 0 Å². The topological polar surface area (TPSA) is 93.8 Å². The number of aliphatic imine (C=N–C) groups is 1. The number of hydrogen-bond acceptors (Lipinski definition) is 3. The average Bonchev–Trinajstić information content (AvgIpc) is 2.13. The zero-order valence-electron chi connectivity index (χ0n) is 4.96. The lowest BCUT2D eigenvalue weighted by Gasteiger charge is -1.89. The van der Waals surface area contributed by atoms with Crippen molar-refractivity contribution in [2.24, 2.45) is 10.7 Å². The summed E-state index contributed by atoms with van der Waals surface area (Å²) in [5.74, 6) is -0.333. The van der Waals surface area contributed by atoms with E-state index in [0.717, 1.165) is 0 Å². The molecule has 1 saturated heterocycles. The monoisotopic (exact) mass is 143 g/mol. The number of primary amides is 1. The predicted molar refractivity (Wildman–Crippen MR) is 31.1 cm³/mol. The van der Waals surface area contributed by atoms with Crippen molar-refractivity contribution >= 4 is 18.0 Å². The highest BCUT2D eigenvalue weighted by molar-refractivity contribution is 6.03. The van der Waals surface area contributed by atoms with Crippen molar-refractivity contribution in [1.29, 1.82) is 0 Å². The zero-order valence-corrected chi connectivity index (χ0v) is 4.96. The fourth-order valence-electron chi connectivity index (χ4n) is 0.486. The lowest BCUT2D eigenvalue weighted by molar-refractivity contribution is -0.119. The minimum absolute atomic E-state index is 0.105. The first kappa shape index (κ1) is 6.53. The molecule has 0 saturated carbocycles. The summed E-state index contributed by atoms with van der Waals surface area (Å²) >= 11 is 0. The second kappa shape index (κ2) is 2.34. The molecule has 1 aliphatic rings. The van der Waals surface area contributed by atoms with Gasteiger partial charge in [-0.15, -0.1) is 4.99 Å². The predicted octanol–water partition coefficient (Wildman–Crippen LogP) is -1.43. The van der Waals surface area contributed by atoms with E-state index in [-0.39, 0.29) is 18.5 Å². The molecule has 1 aliphatic heterocycles. The summed E-state index contributed by atoms with van der Waals surface area (Å²) in [6, 6.07) is -1.02. The Morgan fingerprint density at radius 3 is 2.90 bits per heavy atom. The van der Waals surface area contributed by atoms with Crippen LogP contribution in [0, 0.1) is 0 Å². The second-order valence-electron chi connectivity index (χ2n) is 1.59. The van der Waals surface area contributed by atoms with Gasteiger partial charge in [0.25, 0.3) is 5.91 Å². The summed E-state index contributed by atoms with van der Waals surface area (Å²) in [7, 11) is 0. The largest absolute Gasteiger partial charge is 0.455 e. The highest BCUT2D eigenvalue weighted by Gasteiger charge is 2.17. The number of amidine groups is 1. The molecule has 1 heterocycles. The summed E-state index contributed by atoms with van der Waals surface area (Å²) in [5, 5.41) is 2.17. The van der Waals surface area contributed by atoms with Crippen molar-refractivity contribution in [1.82, 2.24) is 5.32 Å². The van der Waals surface area contributed by atoms with Gasteiger partial charge in [-0.25, -0.2) is 4.79 Å². The van der Waals surface area contributed by atoms with Crippen LogP contribution in [0.3, 0.4) is 0 Å². The van der Waals surface area contributed by atoms with Gasteiger partial charge in [-0.3, -0.25) is 10.1 Å². The first-order chi connectivity index (χ1) is 4.68. The van der Waals surface area contributed by atoms with Gasteiger partial charge in [-0.05, 0) is 0 Å². The molecule has 0 aliphatic carbocycles. The summed E-state index contributed by atoms with van der Waals surface area (Å²) in [6.07, 6.45) is 0. The first-order valence-corrected chi connectivity index (χ1v) is 2.49. The molecule has 0 atom stereocenters. The average molecular weight is 143 g/mol. The van der Waals surface area contributed by atoms with Gasteiger partial charge in [-0.1, -0.05) is 0 Å². The van der Waals surface area contributed by atoms with E-state index in [9.17, 15) is 9.59 Å². The number of rotatable bonds is 0. The molecule has 0 spiro atoms. The first-order valence-electron chi connectivity index (χ1n) is 2.49. The summed E-state index contributed by atoms with van der Waals surface area (Å²) in [4.78, 5) is 23.6. The molecular weight excluding hydrogens is 138 g/mol. The normalized spacial score (nSPS) is 20.4. The molecule has 0 aromatic carbocycles. The minimum Gasteiger partial charge on any atom is -0.455 e. The van der Waals surface area contributed by atoms with Crippen LogP contribution in [-0.2, 0) is 9.53 Å². The number of nitrogens with one attached hydrogen (secondary N) is 1. The Bertz CT molecular complexity index is 210. The third-order valence-electron chi connectivity index (χ3n) is 0.798. The van der Waals surface area contributed by atoms with E-state index in [2.05, 4.69) is 20.8 Å². The summed E-state index contributed by atoms with van der Waals surface area (Å²) in [5.41, 5.74) is 4.66. The molecule has 1 fully saturated rings. The van der Waals surface area contributed by atoms with Crippen molar-refractivity contribution in [3.8, 4) is 0 Å². The van der Waals surface area contributed by atoms with Crippen LogP contribution < -0.4 is 11.1 Å². The minimum atomic E-state index is -0.891. The maximum atomic E-state index is 10.4. The molecular formula is C4H5N3O3. The molecule has 3 N–H and O–H groups in total. The Labute approximate surface area is 56.0 Å². The van der Waals surface area contributed by atoms with Crippen molar-refractivity contribution < 1.29 is 14.3 Å². The van der Waals surface area contributed by atoms with Gasteiger partial charge < -0.3 is 10.5 Å². The van der Waals surface area contributed by atoms with Crippen LogP contribution in [-0.4, -0.2) is 24.6 Å². The Morgan fingerprint density at radius 2 is 2.50 bits per heavy atom. The van der Waals surface area contributed by atoms with Crippen molar-refractivity contribution in [3.05, 3.63) is 0 Å². The summed E-state index contributed by atoms with van der Waals surface area (Å²) in [6.45, 7) is -0.105. The van der Waals surface area contributed by atoms with Crippen LogP contribution in [0.4, 0.5) is 4.79 Å². The number of nitrogens with two attached hydrogens (primary N) is 1. The molecule has 1 rings (SSSR count). The number of nitrogens with zero attached hydrogens (tertiary/aromatic N) is 1. The quantitative estimate of drug-likeness (QED) is 0.435. The van der Waals surface area contributed by atoms with Crippen LogP contribution in [0.1, 0.15) is 0 Å². The van der Waals surface area contributed by atoms with E-state index in [1.807, 2.05) is 0 Å². The van der Waals surface area contributed by atoms with E-state index in [1.165, 1.54) is 0 Å². The van der Waals surface area contributed by atoms with Crippen LogP contribution in [0.25, 0.3) is 0 Å². The van der Waals surface area contributed by atoms with Gasteiger partial charge in [0.1, 0.15) is 0 Å². The molecule has 0 bridgehead atoms. The molecule has 0 aromatic rings. The van der Waals surface area contributed by atoms with Gasteiger partial charge >= 0.3 is 12.1 Å². The van der Waals surface area contributed by atoms with Crippen molar-refractivity contribution in [2.45, 2.75) is 0 Å². The van der Waals surface area contributed by atoms with Crippen LogP contribution in [0.2, 0.25) is 0 Å². The van der Waals surface area contributed by atoms with Gasteiger partial charge in [0, 0.05) is 0 Å². The molecule has 0 unspecified atom stereocenters. The Balaban J connectivity index is 2.59. The molecule has 6 nitrogen and oxygen atoms in total. The SMILES string of the molecule is NC(=O)N=C1NC(=O)CO1. The number of carbonyl (C=O) groups excluding carboxylic acids is 2. The Morgan fingerprint density at radius 1 is 1.80 bits per heavy atom. The third kappa shape index (κ3) is 1.44. The lowest BCUT2D eigenvalue weighted by Crippen LogP contribution is -2.23. The number of ether oxygens (including phenoxy) is 1. The highest BCUT2D eigenvalue weighted by atomic mass is 16.5. The molecule has 0 aromatic heterocycles. The van der Waals surface area contributed by atoms with Gasteiger partial charge in [0.15, 0.2) is 6.61 Å². The van der Waals surface area contributed by atoms with Crippen LogP contribution in [0.5, 0.6) is 0 Å². The number of hydrogen-bond donors (Lipinski definition) is 2. The highest BCUT2D eigenvalue weighted by Crippen LogP contribution is 1.88. The van der Waals surface area contributed by atoms with E-state index < -0.39 is 6.03 Å². The van der Waals surface area contributed by atoms with Crippen molar-refractivity contribution in [2.75, 3.05) is 6.61 Å². The number of carbonyl (C=O) groups is 2. The van der Waals surface area contributed by atoms with Gasteiger partial charge in [0.2, 0.25) is 0 Å². The van der Waals surface area contributed by atoms with Crippen LogP contribution in [0.15, 0.2) is 4.99 Å². The molecule has 10 heavy (non-hydrogen) atoms. The third-order valence-corrected chi connectivity index (χ3v) is 0.798. The molecule has 3 amide bonds. The smallest absolute Gasteiger partial charge is 0.342 e.